The number of benzene rings is 2. The van der Waals surface area contributed by atoms with Gasteiger partial charge in [0.15, 0.2) is 0 Å². The molecular weight excluding hydrogens is 302 g/mol. The molecule has 1 unspecified atom stereocenters. The Morgan fingerprint density at radius 1 is 1.05 bits per heavy atom. The number of oxime groups is 1. The minimum atomic E-state index is 0.213. The molecule has 0 aliphatic rings. The van der Waals surface area contributed by atoms with Crippen LogP contribution in [0.4, 0.5) is 0 Å². The third kappa shape index (κ3) is 3.67. The standard InChI is InChI=1S/C16H16BrNO/c1-12(18-19)11-16(13-5-3-2-4-6-13)14-7-9-15(17)10-8-14/h2-10,16,19H,11H2,1H3/b18-12+. The lowest BCUT2D eigenvalue weighted by atomic mass is 9.87. The maximum Gasteiger partial charge on any atom is 0.0549 e. The normalized spacial score (nSPS) is 13.3. The Morgan fingerprint density at radius 3 is 2.21 bits per heavy atom. The van der Waals surface area contributed by atoms with Crippen LogP contribution in [0.3, 0.4) is 0 Å². The van der Waals surface area contributed by atoms with Crippen LogP contribution in [-0.4, -0.2) is 10.9 Å². The molecule has 0 bridgehead atoms. The smallest absolute Gasteiger partial charge is 0.0549 e. The van der Waals surface area contributed by atoms with Gasteiger partial charge in [-0.15, -0.1) is 0 Å². The van der Waals surface area contributed by atoms with E-state index in [4.69, 9.17) is 5.21 Å². The van der Waals surface area contributed by atoms with E-state index in [0.717, 1.165) is 10.2 Å². The van der Waals surface area contributed by atoms with Crippen LogP contribution in [0.1, 0.15) is 30.4 Å². The van der Waals surface area contributed by atoms with E-state index in [1.165, 1.54) is 11.1 Å². The molecule has 19 heavy (non-hydrogen) atoms. The molecule has 0 aromatic heterocycles. The van der Waals surface area contributed by atoms with Gasteiger partial charge in [-0.05, 0) is 36.6 Å². The zero-order valence-corrected chi connectivity index (χ0v) is 12.3. The molecule has 0 heterocycles. The molecule has 0 aliphatic carbocycles. The first-order valence-corrected chi connectivity index (χ1v) is 6.98. The van der Waals surface area contributed by atoms with Crippen LogP contribution >= 0.6 is 15.9 Å². The lowest BCUT2D eigenvalue weighted by Gasteiger charge is -2.17. The van der Waals surface area contributed by atoms with Crippen molar-refractivity contribution in [1.82, 2.24) is 0 Å². The quantitative estimate of drug-likeness (QED) is 0.489. The van der Waals surface area contributed by atoms with E-state index in [-0.39, 0.29) is 5.92 Å². The van der Waals surface area contributed by atoms with Crippen molar-refractivity contribution in [3.63, 3.8) is 0 Å². The SMILES string of the molecule is C/C(CC(c1ccccc1)c1ccc(Br)cc1)=N\O. The van der Waals surface area contributed by atoms with Crippen molar-refractivity contribution in [2.45, 2.75) is 19.3 Å². The average Bonchev–Trinajstić information content (AvgIpc) is 2.46. The molecule has 0 radical (unpaired) electrons. The van der Waals surface area contributed by atoms with Crippen LogP contribution in [0.2, 0.25) is 0 Å². The van der Waals surface area contributed by atoms with E-state index >= 15 is 0 Å². The molecule has 3 heteroatoms. The van der Waals surface area contributed by atoms with Gasteiger partial charge in [0.25, 0.3) is 0 Å². The third-order valence-electron chi connectivity index (χ3n) is 3.14. The predicted octanol–water partition coefficient (Wildman–Crippen LogP) is 4.82. The van der Waals surface area contributed by atoms with E-state index in [1.54, 1.807) is 0 Å². The van der Waals surface area contributed by atoms with Gasteiger partial charge in [0.2, 0.25) is 0 Å². The second-order valence-corrected chi connectivity index (χ2v) is 5.47. The molecule has 2 rings (SSSR count). The summed E-state index contributed by atoms with van der Waals surface area (Å²) in [7, 11) is 0. The summed E-state index contributed by atoms with van der Waals surface area (Å²) in [6.07, 6.45) is 0.710. The van der Waals surface area contributed by atoms with Gasteiger partial charge in [0.05, 0.1) is 5.71 Å². The molecule has 0 fully saturated rings. The zero-order chi connectivity index (χ0) is 13.7. The first kappa shape index (κ1) is 13.8. The molecule has 2 nitrogen and oxygen atoms in total. The summed E-state index contributed by atoms with van der Waals surface area (Å²) in [5.41, 5.74) is 3.18. The first-order chi connectivity index (χ1) is 9.20. The van der Waals surface area contributed by atoms with Crippen LogP contribution in [0, 0.1) is 0 Å². The number of halogens is 1. The van der Waals surface area contributed by atoms with Crippen molar-refractivity contribution >= 4 is 21.6 Å². The van der Waals surface area contributed by atoms with Crippen LogP contribution in [-0.2, 0) is 0 Å². The van der Waals surface area contributed by atoms with Gasteiger partial charge in [0, 0.05) is 10.4 Å². The molecule has 0 saturated heterocycles. The highest BCUT2D eigenvalue weighted by Gasteiger charge is 2.15. The fraction of sp³-hybridized carbons (Fsp3) is 0.188. The predicted molar refractivity (Wildman–Crippen MR) is 81.9 cm³/mol. The Bertz CT molecular complexity index is 549. The highest BCUT2D eigenvalue weighted by Crippen LogP contribution is 2.29. The largest absolute Gasteiger partial charge is 0.411 e. The van der Waals surface area contributed by atoms with E-state index in [0.29, 0.717) is 6.42 Å². The van der Waals surface area contributed by atoms with Crippen LogP contribution in [0.5, 0.6) is 0 Å². The van der Waals surface area contributed by atoms with Crippen LogP contribution < -0.4 is 0 Å². The Hall–Kier alpha value is -1.61. The van der Waals surface area contributed by atoms with Crippen molar-refractivity contribution in [2.24, 2.45) is 5.16 Å². The summed E-state index contributed by atoms with van der Waals surface area (Å²) >= 11 is 3.45. The van der Waals surface area contributed by atoms with Gasteiger partial charge in [0.1, 0.15) is 0 Å². The van der Waals surface area contributed by atoms with Crippen molar-refractivity contribution in [1.29, 1.82) is 0 Å². The maximum absolute atomic E-state index is 8.90. The van der Waals surface area contributed by atoms with Crippen LogP contribution in [0.15, 0.2) is 64.2 Å². The van der Waals surface area contributed by atoms with Crippen molar-refractivity contribution in [3.05, 3.63) is 70.2 Å². The highest BCUT2D eigenvalue weighted by atomic mass is 79.9. The molecule has 2 aromatic carbocycles. The minimum Gasteiger partial charge on any atom is -0.411 e. The molecule has 0 aliphatic heterocycles. The molecule has 2 aromatic rings. The van der Waals surface area contributed by atoms with Crippen molar-refractivity contribution < 1.29 is 5.21 Å². The third-order valence-corrected chi connectivity index (χ3v) is 3.67. The number of hydrogen-bond donors (Lipinski definition) is 1. The molecular formula is C16H16BrNO. The molecule has 0 amide bonds. The zero-order valence-electron chi connectivity index (χ0n) is 10.8. The second-order valence-electron chi connectivity index (χ2n) is 4.55. The Kier molecular flexibility index (Phi) is 4.74. The summed E-state index contributed by atoms with van der Waals surface area (Å²) in [4.78, 5) is 0. The van der Waals surface area contributed by atoms with Gasteiger partial charge >= 0.3 is 0 Å². The summed E-state index contributed by atoms with van der Waals surface area (Å²) in [5.74, 6) is 0.213. The molecule has 98 valence electrons. The highest BCUT2D eigenvalue weighted by molar-refractivity contribution is 9.10. The number of hydrogen-bond acceptors (Lipinski definition) is 2. The average molecular weight is 318 g/mol. The van der Waals surface area contributed by atoms with Gasteiger partial charge < -0.3 is 5.21 Å². The van der Waals surface area contributed by atoms with Gasteiger partial charge in [-0.25, -0.2) is 0 Å². The fourth-order valence-electron chi connectivity index (χ4n) is 2.14. The van der Waals surface area contributed by atoms with E-state index in [9.17, 15) is 0 Å². The molecule has 0 saturated carbocycles. The summed E-state index contributed by atoms with van der Waals surface area (Å²) in [6, 6.07) is 18.6. The summed E-state index contributed by atoms with van der Waals surface area (Å²) < 4.78 is 1.07. The van der Waals surface area contributed by atoms with E-state index < -0.39 is 0 Å². The fourth-order valence-corrected chi connectivity index (χ4v) is 2.41. The monoisotopic (exact) mass is 317 g/mol. The van der Waals surface area contributed by atoms with E-state index in [1.807, 2.05) is 37.3 Å². The van der Waals surface area contributed by atoms with Crippen LogP contribution in [0.25, 0.3) is 0 Å². The van der Waals surface area contributed by atoms with E-state index in [2.05, 4.69) is 45.4 Å². The van der Waals surface area contributed by atoms with Gasteiger partial charge in [-0.1, -0.05) is 63.6 Å². The lowest BCUT2D eigenvalue weighted by Crippen LogP contribution is -2.06. The number of rotatable bonds is 4. The number of nitrogens with zero attached hydrogens (tertiary/aromatic N) is 1. The van der Waals surface area contributed by atoms with Crippen molar-refractivity contribution in [2.75, 3.05) is 0 Å². The van der Waals surface area contributed by atoms with Crippen molar-refractivity contribution in [3.8, 4) is 0 Å². The summed E-state index contributed by atoms with van der Waals surface area (Å²) in [6.45, 7) is 1.84. The Morgan fingerprint density at radius 2 is 1.63 bits per heavy atom. The summed E-state index contributed by atoms with van der Waals surface area (Å²) in [5, 5.41) is 12.2. The molecule has 1 atom stereocenters. The van der Waals surface area contributed by atoms with Gasteiger partial charge in [-0.3, -0.25) is 0 Å². The topological polar surface area (TPSA) is 32.6 Å². The molecule has 0 spiro atoms. The maximum atomic E-state index is 8.90. The second kappa shape index (κ2) is 6.53. The Balaban J connectivity index is 2.37. The minimum absolute atomic E-state index is 0.213. The van der Waals surface area contributed by atoms with Gasteiger partial charge in [-0.2, -0.15) is 0 Å². The first-order valence-electron chi connectivity index (χ1n) is 6.18. The Labute approximate surface area is 121 Å². The lowest BCUT2D eigenvalue weighted by molar-refractivity contribution is 0.317. The molecule has 1 N–H and O–H groups in total.